The minimum atomic E-state index is -0.403. The number of rotatable bonds is 6. The Kier molecular flexibility index (Phi) is 6.36. The molecule has 5 nitrogen and oxygen atoms in total. The van der Waals surface area contributed by atoms with Crippen LogP contribution in [0.2, 0.25) is 0 Å². The number of dihydropyridines is 1. The maximum absolute atomic E-state index is 13.0. The van der Waals surface area contributed by atoms with Gasteiger partial charge in [0.2, 0.25) is 0 Å². The molecule has 1 unspecified atom stereocenters. The highest BCUT2D eigenvalue weighted by Gasteiger charge is 2.26. The zero-order chi connectivity index (χ0) is 21.1. The summed E-state index contributed by atoms with van der Waals surface area (Å²) in [5, 5.41) is 2.95. The quantitative estimate of drug-likeness (QED) is 0.780. The van der Waals surface area contributed by atoms with E-state index in [1.165, 1.54) is 25.7 Å². The second-order valence-electron chi connectivity index (χ2n) is 8.27. The summed E-state index contributed by atoms with van der Waals surface area (Å²) in [5.41, 5.74) is 5.03. The van der Waals surface area contributed by atoms with Gasteiger partial charge in [0.1, 0.15) is 0 Å². The van der Waals surface area contributed by atoms with Gasteiger partial charge in [0.25, 0.3) is 11.8 Å². The second kappa shape index (κ2) is 8.76. The molecule has 1 N–H and O–H groups in total. The Bertz CT molecular complexity index is 891. The summed E-state index contributed by atoms with van der Waals surface area (Å²) in [5.74, 6) is -0.783. The van der Waals surface area contributed by atoms with Gasteiger partial charge in [-0.05, 0) is 57.4 Å². The van der Waals surface area contributed by atoms with Gasteiger partial charge in [0.15, 0.2) is 0 Å². The molecule has 0 spiro atoms. The van der Waals surface area contributed by atoms with Crippen molar-refractivity contribution in [1.82, 2.24) is 5.32 Å². The van der Waals surface area contributed by atoms with E-state index in [4.69, 9.17) is 0 Å². The summed E-state index contributed by atoms with van der Waals surface area (Å²) < 4.78 is 0. The minimum Gasteiger partial charge on any atom is -0.371 e. The number of aliphatic imine (C=N–C) groups is 1. The molecule has 2 amide bonds. The van der Waals surface area contributed by atoms with Crippen molar-refractivity contribution in [1.29, 1.82) is 0 Å². The first kappa shape index (κ1) is 21.0. The lowest BCUT2D eigenvalue weighted by Gasteiger charge is -2.30. The standard InChI is InChI=1S/C24H31N3O2/c1-15(2)22-19(11-8-12-21(22)27(5)18-9-6-7-10-18)23(28)25-14-20-16(3)13-17(4)26-24(20)29/h8,11-13,18,20H,1,6-7,9-10,14H2,2-5H3,(H,25,28). The molecule has 5 heteroatoms. The third-order valence-electron chi connectivity index (χ3n) is 6.00. The molecule has 1 atom stereocenters. The van der Waals surface area contributed by atoms with Gasteiger partial charge in [-0.3, -0.25) is 9.59 Å². The van der Waals surface area contributed by atoms with Crippen molar-refractivity contribution < 1.29 is 9.59 Å². The first-order chi connectivity index (χ1) is 13.8. The van der Waals surface area contributed by atoms with Crippen molar-refractivity contribution in [2.24, 2.45) is 10.9 Å². The van der Waals surface area contributed by atoms with Crippen LogP contribution in [0.1, 0.15) is 62.4 Å². The summed E-state index contributed by atoms with van der Waals surface area (Å²) in [6.45, 7) is 10.0. The normalized spacial score (nSPS) is 19.6. The largest absolute Gasteiger partial charge is 0.371 e. The van der Waals surface area contributed by atoms with Gasteiger partial charge in [-0.2, -0.15) is 0 Å². The van der Waals surface area contributed by atoms with Crippen LogP contribution in [0.4, 0.5) is 5.69 Å². The van der Waals surface area contributed by atoms with Crippen LogP contribution in [0.25, 0.3) is 5.57 Å². The number of hydrogen-bond acceptors (Lipinski definition) is 3. The van der Waals surface area contributed by atoms with Crippen LogP contribution in [0, 0.1) is 5.92 Å². The van der Waals surface area contributed by atoms with Crippen LogP contribution >= 0.6 is 0 Å². The lowest BCUT2D eigenvalue weighted by Crippen LogP contribution is -2.35. The van der Waals surface area contributed by atoms with Gasteiger partial charge >= 0.3 is 0 Å². The SMILES string of the molecule is C=C(C)c1c(C(=O)NCC2C(=O)N=C(C)C=C2C)cccc1N(C)C1CCCC1. The zero-order valence-corrected chi connectivity index (χ0v) is 17.9. The number of anilines is 1. The molecule has 0 saturated heterocycles. The second-order valence-corrected chi connectivity index (χ2v) is 8.27. The molecule has 1 aromatic carbocycles. The fourth-order valence-electron chi connectivity index (χ4n) is 4.41. The highest BCUT2D eigenvalue weighted by molar-refractivity contribution is 6.06. The van der Waals surface area contributed by atoms with Crippen molar-refractivity contribution in [3.8, 4) is 0 Å². The van der Waals surface area contributed by atoms with Crippen molar-refractivity contribution in [2.75, 3.05) is 18.5 Å². The van der Waals surface area contributed by atoms with Crippen molar-refractivity contribution in [2.45, 2.75) is 52.5 Å². The van der Waals surface area contributed by atoms with Crippen molar-refractivity contribution in [3.05, 3.63) is 47.6 Å². The molecule has 1 aliphatic heterocycles. The van der Waals surface area contributed by atoms with Crippen molar-refractivity contribution in [3.63, 3.8) is 0 Å². The van der Waals surface area contributed by atoms with E-state index in [2.05, 4.69) is 34.9 Å². The highest BCUT2D eigenvalue weighted by atomic mass is 16.2. The molecule has 0 aromatic heterocycles. The molecule has 0 bridgehead atoms. The van der Waals surface area contributed by atoms with E-state index in [1.54, 1.807) is 0 Å². The summed E-state index contributed by atoms with van der Waals surface area (Å²) in [6, 6.07) is 6.32. The topological polar surface area (TPSA) is 61.8 Å². The Morgan fingerprint density at radius 3 is 2.59 bits per heavy atom. The van der Waals surface area contributed by atoms with Crippen LogP contribution in [0.3, 0.4) is 0 Å². The van der Waals surface area contributed by atoms with Gasteiger partial charge < -0.3 is 10.2 Å². The number of carbonyl (C=O) groups excluding carboxylic acids is 2. The average Bonchev–Trinajstić information content (AvgIpc) is 3.20. The molecule has 0 radical (unpaired) electrons. The first-order valence-corrected chi connectivity index (χ1v) is 10.4. The number of hydrogen-bond donors (Lipinski definition) is 1. The maximum atomic E-state index is 13.0. The lowest BCUT2D eigenvalue weighted by atomic mass is 9.94. The van der Waals surface area contributed by atoms with Gasteiger partial charge in [0.05, 0.1) is 5.92 Å². The van der Waals surface area contributed by atoms with Crippen LogP contribution in [0.15, 0.2) is 41.4 Å². The third-order valence-corrected chi connectivity index (χ3v) is 6.00. The molecular weight excluding hydrogens is 362 g/mol. The summed E-state index contributed by atoms with van der Waals surface area (Å²) in [7, 11) is 2.11. The molecule has 1 saturated carbocycles. The first-order valence-electron chi connectivity index (χ1n) is 10.4. The van der Waals surface area contributed by atoms with Crippen LogP contribution in [0.5, 0.6) is 0 Å². The fraction of sp³-hybridized carbons (Fsp3) is 0.458. The average molecular weight is 394 g/mol. The van der Waals surface area contributed by atoms with E-state index < -0.39 is 5.92 Å². The number of nitrogens with zero attached hydrogens (tertiary/aromatic N) is 2. The Balaban J connectivity index is 1.81. The fourth-order valence-corrected chi connectivity index (χ4v) is 4.41. The number of benzene rings is 1. The Labute approximate surface area is 173 Å². The highest BCUT2D eigenvalue weighted by Crippen LogP contribution is 2.34. The number of amides is 2. The molecule has 1 aromatic rings. The van der Waals surface area contributed by atoms with Gasteiger partial charge in [0, 0.05) is 42.2 Å². The van der Waals surface area contributed by atoms with E-state index in [0.29, 0.717) is 17.3 Å². The molecule has 3 rings (SSSR count). The summed E-state index contributed by atoms with van der Waals surface area (Å²) >= 11 is 0. The van der Waals surface area contributed by atoms with E-state index in [9.17, 15) is 9.59 Å². The smallest absolute Gasteiger partial charge is 0.254 e. The van der Waals surface area contributed by atoms with Crippen LogP contribution in [-0.4, -0.2) is 37.2 Å². The molecule has 1 fully saturated rings. The third kappa shape index (κ3) is 4.50. The molecule has 1 aliphatic carbocycles. The van der Waals surface area contributed by atoms with E-state index in [1.807, 2.05) is 39.0 Å². The molecule has 2 aliphatic rings. The van der Waals surface area contributed by atoms with Crippen molar-refractivity contribution >= 4 is 28.8 Å². The van der Waals surface area contributed by atoms with Gasteiger partial charge in [-0.1, -0.05) is 31.1 Å². The minimum absolute atomic E-state index is 0.184. The number of allylic oxidation sites excluding steroid dienone is 2. The number of nitrogens with one attached hydrogen (secondary N) is 1. The zero-order valence-electron chi connectivity index (χ0n) is 17.9. The maximum Gasteiger partial charge on any atom is 0.254 e. The molecule has 1 heterocycles. The monoisotopic (exact) mass is 393 g/mol. The molecule has 154 valence electrons. The van der Waals surface area contributed by atoms with Gasteiger partial charge in [-0.25, -0.2) is 4.99 Å². The number of carbonyl (C=O) groups is 2. The lowest BCUT2D eigenvalue weighted by molar-refractivity contribution is -0.120. The Morgan fingerprint density at radius 1 is 1.28 bits per heavy atom. The van der Waals surface area contributed by atoms with E-state index in [0.717, 1.165) is 22.4 Å². The van der Waals surface area contributed by atoms with E-state index >= 15 is 0 Å². The molecular formula is C24H31N3O2. The molecule has 29 heavy (non-hydrogen) atoms. The predicted molar refractivity (Wildman–Crippen MR) is 120 cm³/mol. The predicted octanol–water partition coefficient (Wildman–Crippen LogP) is 4.39. The van der Waals surface area contributed by atoms with E-state index in [-0.39, 0.29) is 18.4 Å². The summed E-state index contributed by atoms with van der Waals surface area (Å²) in [6.07, 6.45) is 6.76. The Morgan fingerprint density at radius 2 is 1.97 bits per heavy atom. The van der Waals surface area contributed by atoms with Crippen LogP contribution in [-0.2, 0) is 4.79 Å². The van der Waals surface area contributed by atoms with Crippen LogP contribution < -0.4 is 10.2 Å². The Hall–Kier alpha value is -2.69. The summed E-state index contributed by atoms with van der Waals surface area (Å²) in [4.78, 5) is 31.6. The van der Waals surface area contributed by atoms with Gasteiger partial charge in [-0.15, -0.1) is 0 Å².